The maximum absolute atomic E-state index is 13.0. The van der Waals surface area contributed by atoms with E-state index in [1.165, 1.54) is 12.3 Å². The number of fused-ring (bicyclic) bond motifs is 1. The van der Waals surface area contributed by atoms with Gasteiger partial charge in [-0.05, 0) is 42.4 Å². The second-order valence-electron chi connectivity index (χ2n) is 8.32. The average molecular weight is 449 g/mol. The monoisotopic (exact) mass is 449 g/mol. The van der Waals surface area contributed by atoms with E-state index in [0.29, 0.717) is 22.7 Å². The maximum Gasteiger partial charge on any atom is 0.433 e. The molecule has 8 nitrogen and oxygen atoms in total. The van der Waals surface area contributed by atoms with Gasteiger partial charge in [0, 0.05) is 25.2 Å². The van der Waals surface area contributed by atoms with Gasteiger partial charge in [0.2, 0.25) is 0 Å². The molecule has 1 aliphatic carbocycles. The molecule has 3 aromatic rings. The summed E-state index contributed by atoms with van der Waals surface area (Å²) in [5.41, 5.74) is -0.0435. The quantitative estimate of drug-likeness (QED) is 0.514. The molecule has 0 aromatic carbocycles. The summed E-state index contributed by atoms with van der Waals surface area (Å²) in [7, 11) is 0. The van der Waals surface area contributed by atoms with Crippen LogP contribution in [0.1, 0.15) is 53.8 Å². The number of hydrogen-bond donors (Lipinski definition) is 3. The van der Waals surface area contributed by atoms with Crippen LogP contribution in [0.3, 0.4) is 0 Å². The molecule has 4 heterocycles. The number of aromatic nitrogens is 4. The second kappa shape index (κ2) is 7.77. The molecular weight excluding hydrogens is 427 g/mol. The van der Waals surface area contributed by atoms with Crippen LogP contribution in [0.4, 0.5) is 13.2 Å². The lowest BCUT2D eigenvalue weighted by molar-refractivity contribution is -0.141. The van der Waals surface area contributed by atoms with Crippen LogP contribution in [0.5, 0.6) is 0 Å². The smallest absolute Gasteiger partial charge is 0.388 e. The minimum Gasteiger partial charge on any atom is -0.388 e. The Hall–Kier alpha value is -2.60. The van der Waals surface area contributed by atoms with Gasteiger partial charge in [0.05, 0.1) is 30.0 Å². The van der Waals surface area contributed by atoms with Gasteiger partial charge in [0.25, 0.3) is 0 Å². The van der Waals surface area contributed by atoms with Crippen molar-refractivity contribution in [1.82, 2.24) is 24.9 Å². The zero-order valence-corrected chi connectivity index (χ0v) is 17.0. The van der Waals surface area contributed by atoms with Gasteiger partial charge >= 0.3 is 6.18 Å². The van der Waals surface area contributed by atoms with Crippen LogP contribution in [0, 0.1) is 0 Å². The molecule has 170 valence electrons. The number of alkyl halides is 3. The van der Waals surface area contributed by atoms with E-state index in [1.807, 2.05) is 6.20 Å². The number of nitrogens with one attached hydrogen (secondary N) is 1. The van der Waals surface area contributed by atoms with Gasteiger partial charge in [0.1, 0.15) is 11.9 Å². The number of hydrogen-bond acceptors (Lipinski definition) is 7. The molecule has 1 saturated heterocycles. The molecule has 3 N–H and O–H groups in total. The van der Waals surface area contributed by atoms with Gasteiger partial charge in [-0.3, -0.25) is 10.3 Å². The molecule has 1 aliphatic heterocycles. The summed E-state index contributed by atoms with van der Waals surface area (Å²) in [5.74, 6) is 0.496. The predicted molar refractivity (Wildman–Crippen MR) is 105 cm³/mol. The van der Waals surface area contributed by atoms with Crippen LogP contribution in [-0.4, -0.2) is 49.1 Å². The molecule has 2 fully saturated rings. The number of aliphatic hydroxyl groups is 2. The van der Waals surface area contributed by atoms with Crippen molar-refractivity contribution in [2.45, 2.75) is 49.2 Å². The van der Waals surface area contributed by atoms with E-state index in [-0.39, 0.29) is 19.6 Å². The molecule has 2 aliphatic rings. The Labute approximate surface area is 181 Å². The van der Waals surface area contributed by atoms with E-state index in [4.69, 9.17) is 4.74 Å². The molecule has 1 saturated carbocycles. The lowest BCUT2D eigenvalue weighted by Crippen LogP contribution is -2.57. The number of halogens is 3. The molecule has 3 unspecified atom stereocenters. The Morgan fingerprint density at radius 1 is 1.19 bits per heavy atom. The first-order chi connectivity index (χ1) is 15.3. The van der Waals surface area contributed by atoms with Gasteiger partial charge in [-0.25, -0.2) is 9.50 Å². The third-order valence-corrected chi connectivity index (χ3v) is 6.20. The summed E-state index contributed by atoms with van der Waals surface area (Å²) >= 11 is 0. The van der Waals surface area contributed by atoms with Crippen molar-refractivity contribution in [3.05, 3.63) is 59.3 Å². The average Bonchev–Trinajstić information content (AvgIpc) is 3.53. The summed E-state index contributed by atoms with van der Waals surface area (Å²) in [6.45, 7) is 0.202. The molecule has 0 amide bonds. The Bertz CT molecular complexity index is 1120. The van der Waals surface area contributed by atoms with Crippen molar-refractivity contribution in [2.75, 3.05) is 13.2 Å². The highest BCUT2D eigenvalue weighted by Crippen LogP contribution is 2.40. The summed E-state index contributed by atoms with van der Waals surface area (Å²) in [4.78, 5) is 7.97. The Morgan fingerprint density at radius 3 is 2.66 bits per heavy atom. The van der Waals surface area contributed by atoms with Crippen LogP contribution in [0.25, 0.3) is 5.65 Å². The van der Waals surface area contributed by atoms with Gasteiger partial charge in [-0.2, -0.15) is 18.3 Å². The lowest BCUT2D eigenvalue weighted by atomic mass is 9.80. The van der Waals surface area contributed by atoms with Gasteiger partial charge in [-0.1, -0.05) is 6.07 Å². The molecule has 32 heavy (non-hydrogen) atoms. The van der Waals surface area contributed by atoms with Gasteiger partial charge in [-0.15, -0.1) is 0 Å². The van der Waals surface area contributed by atoms with Crippen molar-refractivity contribution in [3.8, 4) is 0 Å². The number of pyridine rings is 1. The zero-order valence-electron chi connectivity index (χ0n) is 17.0. The number of ether oxygens (including phenoxy) is 1. The normalized spacial score (nSPS) is 25.2. The summed E-state index contributed by atoms with van der Waals surface area (Å²) in [5, 5.41) is 29.1. The lowest BCUT2D eigenvalue weighted by Gasteiger charge is -2.43. The van der Waals surface area contributed by atoms with Crippen LogP contribution in [0.15, 0.2) is 36.9 Å². The van der Waals surface area contributed by atoms with Crippen molar-refractivity contribution >= 4 is 5.65 Å². The molecule has 3 atom stereocenters. The fraction of sp³-hybridized carbons (Fsp3) is 0.476. The van der Waals surface area contributed by atoms with E-state index in [0.717, 1.165) is 30.7 Å². The topological polar surface area (TPSA) is 105 Å². The Balaban J connectivity index is 1.47. The largest absolute Gasteiger partial charge is 0.433 e. The first-order valence-corrected chi connectivity index (χ1v) is 10.4. The van der Waals surface area contributed by atoms with Crippen LogP contribution in [0.2, 0.25) is 0 Å². The van der Waals surface area contributed by atoms with E-state index >= 15 is 0 Å². The van der Waals surface area contributed by atoms with Gasteiger partial charge in [0.15, 0.2) is 5.65 Å². The van der Waals surface area contributed by atoms with E-state index in [1.54, 1.807) is 10.7 Å². The Kier molecular flexibility index (Phi) is 5.16. The molecule has 0 radical (unpaired) electrons. The molecule has 0 spiro atoms. The number of rotatable bonds is 5. The Morgan fingerprint density at radius 2 is 2.00 bits per heavy atom. The van der Waals surface area contributed by atoms with Crippen LogP contribution in [-0.2, 0) is 16.5 Å². The van der Waals surface area contributed by atoms with Crippen LogP contribution < -0.4 is 5.32 Å². The molecule has 11 heteroatoms. The predicted octanol–water partition coefficient (Wildman–Crippen LogP) is 2.28. The zero-order chi connectivity index (χ0) is 22.5. The molecule has 5 rings (SSSR count). The minimum absolute atomic E-state index is 0.0432. The van der Waals surface area contributed by atoms with Crippen molar-refractivity contribution < 1.29 is 28.1 Å². The maximum atomic E-state index is 13.0. The molecule has 3 aromatic heterocycles. The van der Waals surface area contributed by atoms with E-state index in [9.17, 15) is 23.4 Å². The highest BCUT2D eigenvalue weighted by atomic mass is 19.4. The van der Waals surface area contributed by atoms with Crippen molar-refractivity contribution in [3.63, 3.8) is 0 Å². The van der Waals surface area contributed by atoms with Gasteiger partial charge < -0.3 is 14.9 Å². The highest BCUT2D eigenvalue weighted by molar-refractivity contribution is 5.48. The summed E-state index contributed by atoms with van der Waals surface area (Å²) in [6, 6.07) is 2.13. The fourth-order valence-corrected chi connectivity index (χ4v) is 4.20. The van der Waals surface area contributed by atoms with Crippen LogP contribution >= 0.6 is 0 Å². The SMILES string of the molecule is OC(NC1(c2ccc(C(F)(F)F)nc2)CCOCC1O)c1cnn2cc(C3CC3)cnc12. The van der Waals surface area contributed by atoms with E-state index in [2.05, 4.69) is 20.4 Å². The van der Waals surface area contributed by atoms with Crippen molar-refractivity contribution in [1.29, 1.82) is 0 Å². The molecular formula is C21H22F3N5O3. The number of nitrogens with zero attached hydrogens (tertiary/aromatic N) is 4. The third-order valence-electron chi connectivity index (χ3n) is 6.20. The summed E-state index contributed by atoms with van der Waals surface area (Å²) < 4.78 is 45.8. The highest BCUT2D eigenvalue weighted by Gasteiger charge is 2.45. The first kappa shape index (κ1) is 21.3. The fourth-order valence-electron chi connectivity index (χ4n) is 4.20. The first-order valence-electron chi connectivity index (χ1n) is 10.4. The third kappa shape index (κ3) is 3.75. The number of aliphatic hydroxyl groups excluding tert-OH is 2. The van der Waals surface area contributed by atoms with Crippen molar-refractivity contribution in [2.24, 2.45) is 0 Å². The molecule has 0 bridgehead atoms. The second-order valence-corrected chi connectivity index (χ2v) is 8.32. The minimum atomic E-state index is -4.57. The standard InChI is InChI=1S/C21H22F3N5O3/c22-21(23,24)16-4-3-14(8-25-16)20(5-6-32-11-17(20)30)28-19(31)15-9-27-29-10-13(12-1-2-12)7-26-18(15)29/h3-4,7-10,12,17,19,28,30-31H,1-2,5-6,11H2. The summed E-state index contributed by atoms with van der Waals surface area (Å²) in [6.07, 6.45) is 1.69. The van der Waals surface area contributed by atoms with E-state index < -0.39 is 29.7 Å².